The smallest absolute Gasteiger partial charge is 0.322 e. The quantitative estimate of drug-likeness (QED) is 0.433. The highest BCUT2D eigenvalue weighted by atomic mass is 16.5. The first-order valence-corrected chi connectivity index (χ1v) is 9.99. The van der Waals surface area contributed by atoms with Crippen molar-refractivity contribution in [2.24, 2.45) is 0 Å². The van der Waals surface area contributed by atoms with Gasteiger partial charge in [-0.2, -0.15) is 0 Å². The maximum atomic E-state index is 12.7. The molecule has 0 aliphatic carbocycles. The van der Waals surface area contributed by atoms with Crippen LogP contribution in [0.5, 0.6) is 23.0 Å². The molecule has 3 N–H and O–H groups in total. The number of rotatable bonds is 10. The predicted octanol–water partition coefficient (Wildman–Crippen LogP) is 1.02. The maximum absolute atomic E-state index is 12.7. The maximum Gasteiger partial charge on any atom is 0.322 e. The van der Waals surface area contributed by atoms with Gasteiger partial charge in [0.15, 0.2) is 12.4 Å². The summed E-state index contributed by atoms with van der Waals surface area (Å²) in [7, 11) is 3.04. The fourth-order valence-electron chi connectivity index (χ4n) is 2.95. The van der Waals surface area contributed by atoms with Crippen LogP contribution in [0, 0.1) is 0 Å². The Hall–Kier alpha value is -4.54. The first-order chi connectivity index (χ1) is 16.3. The predicted molar refractivity (Wildman–Crippen MR) is 118 cm³/mol. The van der Waals surface area contributed by atoms with Crippen molar-refractivity contribution in [3.8, 4) is 23.0 Å². The van der Waals surface area contributed by atoms with E-state index < -0.39 is 30.9 Å². The standard InChI is InChI=1S/C23H22N2O9/c1-31-14-4-3-13(17(8-14)32-2)7-19-23(30)16-6-5-15(9-18(16)34-19)33-12-21(27)24-10-20(26)25-11-22(28)29/h3-9H,10-12H2,1-2H3,(H,24,27)(H,25,26)(H,28,29). The second kappa shape index (κ2) is 10.9. The first-order valence-electron chi connectivity index (χ1n) is 9.99. The number of carbonyl (C=O) groups is 4. The van der Waals surface area contributed by atoms with E-state index in [0.717, 1.165) is 0 Å². The molecule has 11 nitrogen and oxygen atoms in total. The number of amides is 2. The normalized spacial score (nSPS) is 13.0. The lowest BCUT2D eigenvalue weighted by molar-refractivity contribution is -0.137. The second-order valence-electron chi connectivity index (χ2n) is 6.94. The van der Waals surface area contributed by atoms with E-state index in [1.54, 1.807) is 24.3 Å². The Labute approximate surface area is 194 Å². The highest BCUT2D eigenvalue weighted by Crippen LogP contribution is 2.36. The molecule has 1 aliphatic heterocycles. The molecule has 2 amide bonds. The number of Topliss-reactive ketones (excluding diaryl/α,β-unsaturated/α-hetero) is 1. The molecule has 178 valence electrons. The van der Waals surface area contributed by atoms with Gasteiger partial charge in [0.1, 0.15) is 29.5 Å². The molecule has 0 saturated heterocycles. The van der Waals surface area contributed by atoms with Crippen molar-refractivity contribution in [3.63, 3.8) is 0 Å². The number of benzene rings is 2. The number of methoxy groups -OCH3 is 2. The number of carboxylic acid groups (broad SMARTS) is 1. The summed E-state index contributed by atoms with van der Waals surface area (Å²) in [5.74, 6) is -0.983. The van der Waals surface area contributed by atoms with Gasteiger partial charge in [0.2, 0.25) is 11.7 Å². The molecule has 11 heteroatoms. The van der Waals surface area contributed by atoms with Crippen LogP contribution >= 0.6 is 0 Å². The molecule has 0 aromatic heterocycles. The van der Waals surface area contributed by atoms with Crippen LogP contribution in [0.1, 0.15) is 15.9 Å². The van der Waals surface area contributed by atoms with Gasteiger partial charge in [-0.3, -0.25) is 19.2 Å². The number of ether oxygens (including phenoxy) is 4. The van der Waals surface area contributed by atoms with Crippen molar-refractivity contribution in [2.75, 3.05) is 33.9 Å². The zero-order valence-corrected chi connectivity index (χ0v) is 18.4. The average Bonchev–Trinajstić information content (AvgIpc) is 3.14. The lowest BCUT2D eigenvalue weighted by Crippen LogP contribution is -2.40. The molecular formula is C23H22N2O9. The lowest BCUT2D eigenvalue weighted by Gasteiger charge is -2.08. The number of ketones is 1. The Morgan fingerprint density at radius 2 is 1.71 bits per heavy atom. The number of hydrogen-bond donors (Lipinski definition) is 3. The van der Waals surface area contributed by atoms with Gasteiger partial charge in [-0.15, -0.1) is 0 Å². The van der Waals surface area contributed by atoms with Gasteiger partial charge in [0.25, 0.3) is 5.91 Å². The van der Waals surface area contributed by atoms with E-state index in [4.69, 9.17) is 24.1 Å². The van der Waals surface area contributed by atoms with Crippen molar-refractivity contribution in [2.45, 2.75) is 0 Å². The van der Waals surface area contributed by atoms with E-state index >= 15 is 0 Å². The molecule has 34 heavy (non-hydrogen) atoms. The van der Waals surface area contributed by atoms with E-state index in [9.17, 15) is 19.2 Å². The van der Waals surface area contributed by atoms with Crippen LogP contribution in [0.3, 0.4) is 0 Å². The minimum atomic E-state index is -1.19. The third kappa shape index (κ3) is 6.03. The summed E-state index contributed by atoms with van der Waals surface area (Å²) < 4.78 is 21.6. The number of aliphatic carboxylic acids is 1. The Morgan fingerprint density at radius 3 is 2.41 bits per heavy atom. The molecule has 2 aromatic carbocycles. The second-order valence-corrected chi connectivity index (χ2v) is 6.94. The van der Waals surface area contributed by atoms with Crippen LogP contribution in [0.15, 0.2) is 42.2 Å². The fourth-order valence-corrected chi connectivity index (χ4v) is 2.95. The topological polar surface area (TPSA) is 149 Å². The molecule has 0 bridgehead atoms. The molecule has 0 unspecified atom stereocenters. The number of carbonyl (C=O) groups excluding carboxylic acids is 3. The SMILES string of the molecule is COc1ccc(C=C2Oc3cc(OCC(=O)NCC(=O)NCC(=O)O)ccc3C2=O)c(OC)c1. The van der Waals surface area contributed by atoms with Gasteiger partial charge in [-0.05, 0) is 30.3 Å². The van der Waals surface area contributed by atoms with Gasteiger partial charge in [-0.1, -0.05) is 0 Å². The summed E-state index contributed by atoms with van der Waals surface area (Å²) in [5.41, 5.74) is 0.964. The Kier molecular flexibility index (Phi) is 7.70. The summed E-state index contributed by atoms with van der Waals surface area (Å²) in [6, 6.07) is 9.67. The van der Waals surface area contributed by atoms with Gasteiger partial charge >= 0.3 is 5.97 Å². The Bertz CT molecular complexity index is 1160. The first kappa shape index (κ1) is 24.1. The summed E-state index contributed by atoms with van der Waals surface area (Å²) in [4.78, 5) is 46.4. The van der Waals surface area contributed by atoms with E-state index in [1.165, 1.54) is 32.4 Å². The molecule has 3 rings (SSSR count). The third-order valence-corrected chi connectivity index (χ3v) is 4.62. The number of nitrogens with one attached hydrogen (secondary N) is 2. The summed E-state index contributed by atoms with van der Waals surface area (Å²) in [6.45, 7) is -1.33. The molecule has 0 spiro atoms. The number of hydrogen-bond acceptors (Lipinski definition) is 8. The molecule has 2 aromatic rings. The minimum absolute atomic E-state index is 0.0979. The lowest BCUT2D eigenvalue weighted by atomic mass is 10.1. The molecule has 0 atom stereocenters. The van der Waals surface area contributed by atoms with Crippen LogP contribution in [0.4, 0.5) is 0 Å². The van der Waals surface area contributed by atoms with Crippen LogP contribution in [0.25, 0.3) is 6.08 Å². The zero-order valence-electron chi connectivity index (χ0n) is 18.4. The number of fused-ring (bicyclic) bond motifs is 1. The van der Waals surface area contributed by atoms with Crippen LogP contribution in [-0.2, 0) is 14.4 Å². The molecule has 1 aliphatic rings. The largest absolute Gasteiger partial charge is 0.497 e. The summed E-state index contributed by atoms with van der Waals surface area (Å²) in [5, 5.41) is 12.9. The van der Waals surface area contributed by atoms with Crippen molar-refractivity contribution < 1.29 is 43.2 Å². The molecule has 0 radical (unpaired) electrons. The molecule has 0 fully saturated rings. The molecule has 0 saturated carbocycles. The average molecular weight is 470 g/mol. The highest BCUT2D eigenvalue weighted by Gasteiger charge is 2.28. The summed E-state index contributed by atoms with van der Waals surface area (Å²) >= 11 is 0. The van der Waals surface area contributed by atoms with E-state index in [2.05, 4.69) is 10.6 Å². The van der Waals surface area contributed by atoms with Crippen molar-refractivity contribution >= 4 is 29.6 Å². The fraction of sp³-hybridized carbons (Fsp3) is 0.217. The van der Waals surface area contributed by atoms with Crippen molar-refractivity contribution in [3.05, 3.63) is 53.3 Å². The summed E-state index contributed by atoms with van der Waals surface area (Å²) in [6.07, 6.45) is 1.56. The Morgan fingerprint density at radius 1 is 0.971 bits per heavy atom. The van der Waals surface area contributed by atoms with Gasteiger partial charge in [0.05, 0.1) is 26.3 Å². The van der Waals surface area contributed by atoms with Crippen LogP contribution in [-0.4, -0.2) is 62.6 Å². The van der Waals surface area contributed by atoms with Crippen LogP contribution < -0.4 is 29.6 Å². The van der Waals surface area contributed by atoms with Gasteiger partial charge in [0, 0.05) is 17.7 Å². The van der Waals surface area contributed by atoms with Gasteiger partial charge < -0.3 is 34.7 Å². The Balaban J connectivity index is 1.60. The monoisotopic (exact) mass is 470 g/mol. The third-order valence-electron chi connectivity index (χ3n) is 4.62. The van der Waals surface area contributed by atoms with Crippen molar-refractivity contribution in [1.82, 2.24) is 10.6 Å². The number of allylic oxidation sites excluding steroid dienone is 1. The number of carboxylic acids is 1. The molecular weight excluding hydrogens is 448 g/mol. The van der Waals surface area contributed by atoms with E-state index in [1.807, 2.05) is 0 Å². The zero-order chi connectivity index (χ0) is 24.7. The van der Waals surface area contributed by atoms with Crippen molar-refractivity contribution in [1.29, 1.82) is 0 Å². The minimum Gasteiger partial charge on any atom is -0.497 e. The molecule has 1 heterocycles. The van der Waals surface area contributed by atoms with Crippen LogP contribution in [0.2, 0.25) is 0 Å². The van der Waals surface area contributed by atoms with E-state index in [-0.39, 0.29) is 29.6 Å². The highest BCUT2D eigenvalue weighted by molar-refractivity contribution is 6.14. The van der Waals surface area contributed by atoms with Gasteiger partial charge in [-0.25, -0.2) is 0 Å². The van der Waals surface area contributed by atoms with E-state index in [0.29, 0.717) is 22.6 Å².